The fourth-order valence-corrected chi connectivity index (χ4v) is 1.44. The third-order valence-corrected chi connectivity index (χ3v) is 2.31. The number of aromatic carboxylic acids is 1. The number of hydrogen-bond donors (Lipinski definition) is 1. The smallest absolute Gasteiger partial charge is 0.0716 e. The molecule has 0 atom stereocenters. The van der Waals surface area contributed by atoms with Crippen LogP contribution in [0.2, 0.25) is 0 Å². The van der Waals surface area contributed by atoms with E-state index in [1.54, 1.807) is 18.3 Å². The minimum Gasteiger partial charge on any atom is -0.545 e. The van der Waals surface area contributed by atoms with Gasteiger partial charge in [0.15, 0.2) is 0 Å². The van der Waals surface area contributed by atoms with Crippen molar-refractivity contribution in [2.24, 2.45) is 5.10 Å². The molecule has 4 nitrogen and oxygen atoms in total. The lowest BCUT2D eigenvalue weighted by Crippen LogP contribution is -2.22. The van der Waals surface area contributed by atoms with Gasteiger partial charge in [0.1, 0.15) is 0 Å². The molecule has 2 aromatic carbocycles. The van der Waals surface area contributed by atoms with E-state index in [1.165, 1.54) is 12.1 Å². The molecule has 4 heteroatoms. The van der Waals surface area contributed by atoms with Crippen LogP contribution in [0, 0.1) is 0 Å². The van der Waals surface area contributed by atoms with E-state index in [1.807, 2.05) is 30.3 Å². The van der Waals surface area contributed by atoms with Crippen LogP contribution in [-0.2, 0) is 0 Å². The average Bonchev–Trinajstić information content (AvgIpc) is 2.40. The van der Waals surface area contributed by atoms with Gasteiger partial charge in [-0.25, -0.2) is 0 Å². The number of anilines is 1. The van der Waals surface area contributed by atoms with Crippen molar-refractivity contribution in [1.82, 2.24) is 0 Å². The van der Waals surface area contributed by atoms with Gasteiger partial charge in [-0.2, -0.15) is 5.10 Å². The van der Waals surface area contributed by atoms with Gasteiger partial charge in [-0.05, 0) is 23.3 Å². The van der Waals surface area contributed by atoms with Crippen LogP contribution < -0.4 is 10.5 Å². The first kappa shape index (κ1) is 11.9. The van der Waals surface area contributed by atoms with E-state index in [2.05, 4.69) is 10.5 Å². The van der Waals surface area contributed by atoms with Gasteiger partial charge in [0.2, 0.25) is 0 Å². The second kappa shape index (κ2) is 5.63. The third-order valence-electron chi connectivity index (χ3n) is 2.31. The van der Waals surface area contributed by atoms with Crippen molar-refractivity contribution in [2.45, 2.75) is 0 Å². The van der Waals surface area contributed by atoms with Crippen LogP contribution in [0.3, 0.4) is 0 Å². The Kier molecular flexibility index (Phi) is 3.71. The van der Waals surface area contributed by atoms with E-state index in [0.717, 1.165) is 5.56 Å². The van der Waals surface area contributed by atoms with E-state index in [-0.39, 0.29) is 5.56 Å². The summed E-state index contributed by atoms with van der Waals surface area (Å²) in [5.74, 6) is -1.20. The first-order valence-corrected chi connectivity index (χ1v) is 5.41. The van der Waals surface area contributed by atoms with E-state index in [0.29, 0.717) is 5.69 Å². The summed E-state index contributed by atoms with van der Waals surface area (Å²) in [5.41, 5.74) is 4.45. The Morgan fingerprint density at radius 2 is 1.89 bits per heavy atom. The van der Waals surface area contributed by atoms with Crippen molar-refractivity contribution in [1.29, 1.82) is 0 Å². The minimum atomic E-state index is -1.20. The Bertz CT molecular complexity index is 565. The topological polar surface area (TPSA) is 64.5 Å². The molecule has 18 heavy (non-hydrogen) atoms. The fourth-order valence-electron chi connectivity index (χ4n) is 1.44. The third kappa shape index (κ3) is 3.18. The predicted octanol–water partition coefficient (Wildman–Crippen LogP) is 1.50. The lowest BCUT2D eigenvalue weighted by atomic mass is 10.2. The Labute approximate surface area is 105 Å². The van der Waals surface area contributed by atoms with Crippen molar-refractivity contribution >= 4 is 17.9 Å². The van der Waals surface area contributed by atoms with Gasteiger partial charge in [-0.3, -0.25) is 5.43 Å². The highest BCUT2D eigenvalue weighted by Crippen LogP contribution is 2.09. The van der Waals surface area contributed by atoms with Crippen molar-refractivity contribution in [3.63, 3.8) is 0 Å². The number of benzene rings is 2. The molecule has 0 aliphatic rings. The zero-order chi connectivity index (χ0) is 12.8. The normalized spacial score (nSPS) is 10.4. The van der Waals surface area contributed by atoms with Crippen LogP contribution >= 0.6 is 0 Å². The lowest BCUT2D eigenvalue weighted by Gasteiger charge is -2.04. The second-order valence-electron chi connectivity index (χ2n) is 3.65. The molecule has 0 saturated heterocycles. The summed E-state index contributed by atoms with van der Waals surface area (Å²) in [4.78, 5) is 10.7. The average molecular weight is 239 g/mol. The number of hydrogen-bond acceptors (Lipinski definition) is 4. The highest BCUT2D eigenvalue weighted by Gasteiger charge is 1.94. The molecule has 0 unspecified atom stereocenters. The maximum Gasteiger partial charge on any atom is 0.0716 e. The van der Waals surface area contributed by atoms with Gasteiger partial charge in [0.25, 0.3) is 0 Å². The molecule has 0 saturated carbocycles. The first-order chi connectivity index (χ1) is 8.75. The number of carboxylic acids is 1. The Morgan fingerprint density at radius 3 is 2.61 bits per heavy atom. The van der Waals surface area contributed by atoms with Crippen LogP contribution in [0.4, 0.5) is 5.69 Å². The molecule has 2 aromatic rings. The largest absolute Gasteiger partial charge is 0.545 e. The molecule has 0 fully saturated rings. The summed E-state index contributed by atoms with van der Waals surface area (Å²) in [6.07, 6.45) is 1.66. The van der Waals surface area contributed by atoms with Crippen molar-refractivity contribution in [2.75, 3.05) is 5.43 Å². The zero-order valence-corrected chi connectivity index (χ0v) is 9.54. The number of carbonyl (C=O) groups is 1. The van der Waals surface area contributed by atoms with Crippen LogP contribution in [-0.4, -0.2) is 12.2 Å². The van der Waals surface area contributed by atoms with Gasteiger partial charge in [-0.1, -0.05) is 42.5 Å². The quantitative estimate of drug-likeness (QED) is 0.649. The summed E-state index contributed by atoms with van der Waals surface area (Å²) in [7, 11) is 0. The van der Waals surface area contributed by atoms with E-state index in [4.69, 9.17) is 0 Å². The number of carbonyl (C=O) groups excluding carboxylic acids is 1. The first-order valence-electron chi connectivity index (χ1n) is 5.41. The summed E-state index contributed by atoms with van der Waals surface area (Å²) in [6.45, 7) is 0. The fraction of sp³-hybridized carbons (Fsp3) is 0. The molecule has 1 N–H and O–H groups in total. The molecule has 0 spiro atoms. The maximum absolute atomic E-state index is 10.7. The Morgan fingerprint density at radius 1 is 1.11 bits per heavy atom. The molecule has 90 valence electrons. The Hall–Kier alpha value is -2.62. The number of hydrazone groups is 1. The summed E-state index contributed by atoms with van der Waals surface area (Å²) < 4.78 is 0. The molecular formula is C14H11N2O2-. The van der Waals surface area contributed by atoms with Gasteiger partial charge in [-0.15, -0.1) is 0 Å². The minimum absolute atomic E-state index is 0.120. The highest BCUT2D eigenvalue weighted by molar-refractivity contribution is 5.87. The van der Waals surface area contributed by atoms with Crippen molar-refractivity contribution < 1.29 is 9.90 Å². The van der Waals surface area contributed by atoms with Crippen LogP contribution in [0.15, 0.2) is 59.7 Å². The van der Waals surface area contributed by atoms with Gasteiger partial charge in [0.05, 0.1) is 17.9 Å². The molecule has 0 aliphatic carbocycles. The molecular weight excluding hydrogens is 228 g/mol. The van der Waals surface area contributed by atoms with Crippen molar-refractivity contribution in [3.8, 4) is 0 Å². The Balaban J connectivity index is 2.04. The lowest BCUT2D eigenvalue weighted by molar-refractivity contribution is -0.255. The second-order valence-corrected chi connectivity index (χ2v) is 3.65. The molecule has 0 aromatic heterocycles. The van der Waals surface area contributed by atoms with E-state index >= 15 is 0 Å². The monoisotopic (exact) mass is 239 g/mol. The molecule has 0 aliphatic heterocycles. The molecule has 0 radical (unpaired) electrons. The van der Waals surface area contributed by atoms with Crippen LogP contribution in [0.1, 0.15) is 15.9 Å². The summed E-state index contributed by atoms with van der Waals surface area (Å²) in [6, 6.07) is 15.9. The van der Waals surface area contributed by atoms with Gasteiger partial charge >= 0.3 is 0 Å². The molecule has 2 rings (SSSR count). The molecule has 0 bridgehead atoms. The standard InChI is InChI=1S/C14H12N2O2/c17-14(18)12-7-4-8-13(9-12)16-15-10-11-5-2-1-3-6-11/h1-10,16H,(H,17,18)/p-1/b15-10-. The highest BCUT2D eigenvalue weighted by atomic mass is 16.4. The number of nitrogens with zero attached hydrogens (tertiary/aromatic N) is 1. The zero-order valence-electron chi connectivity index (χ0n) is 9.54. The van der Waals surface area contributed by atoms with Crippen LogP contribution in [0.5, 0.6) is 0 Å². The molecule has 0 amide bonds. The molecule has 0 heterocycles. The SMILES string of the molecule is O=C([O-])c1cccc(N/N=C\c2ccccc2)c1. The summed E-state index contributed by atoms with van der Waals surface area (Å²) in [5, 5.41) is 14.7. The predicted molar refractivity (Wildman–Crippen MR) is 68.4 cm³/mol. The van der Waals surface area contributed by atoms with Gasteiger partial charge in [0, 0.05) is 0 Å². The van der Waals surface area contributed by atoms with Crippen molar-refractivity contribution in [3.05, 3.63) is 65.7 Å². The number of carboxylic acid groups (broad SMARTS) is 1. The van der Waals surface area contributed by atoms with Gasteiger partial charge < -0.3 is 9.90 Å². The van der Waals surface area contributed by atoms with Crippen LogP contribution in [0.25, 0.3) is 0 Å². The summed E-state index contributed by atoms with van der Waals surface area (Å²) >= 11 is 0. The van der Waals surface area contributed by atoms with E-state index < -0.39 is 5.97 Å². The maximum atomic E-state index is 10.7. The number of nitrogens with one attached hydrogen (secondary N) is 1. The van der Waals surface area contributed by atoms with E-state index in [9.17, 15) is 9.90 Å². The number of rotatable bonds is 4.